The molecule has 4 aliphatic rings. The van der Waals surface area contributed by atoms with Gasteiger partial charge in [0.25, 0.3) is 0 Å². The standard InChI is InChI=1S/C24H36N4O2S/c1-5-28-22-7-6-20(31(29,30)26(2)3)11-21(22)25-23(28)15-27(4)16-24-12-17-8-18(13-24)10-19(9-17)14-24/h6-7,11,17-19H,5,8-10,12-16H2,1-4H3. The fourth-order valence-electron chi connectivity index (χ4n) is 7.36. The maximum Gasteiger partial charge on any atom is 0.242 e. The Morgan fingerprint density at radius 3 is 2.23 bits per heavy atom. The first-order valence-electron chi connectivity index (χ1n) is 11.8. The summed E-state index contributed by atoms with van der Waals surface area (Å²) in [6.45, 7) is 4.93. The van der Waals surface area contributed by atoms with E-state index in [0.29, 0.717) is 10.3 Å². The van der Waals surface area contributed by atoms with Crippen molar-refractivity contribution in [3.05, 3.63) is 24.0 Å². The molecule has 0 unspecified atom stereocenters. The molecule has 0 N–H and O–H groups in total. The van der Waals surface area contributed by atoms with E-state index in [1.54, 1.807) is 26.2 Å². The molecule has 1 heterocycles. The van der Waals surface area contributed by atoms with Gasteiger partial charge >= 0.3 is 0 Å². The Kier molecular flexibility index (Phi) is 5.22. The quantitative estimate of drug-likeness (QED) is 0.649. The predicted octanol–water partition coefficient (Wildman–Crippen LogP) is 3.95. The lowest BCUT2D eigenvalue weighted by molar-refractivity contribution is -0.0673. The summed E-state index contributed by atoms with van der Waals surface area (Å²) in [4.78, 5) is 7.66. The molecule has 31 heavy (non-hydrogen) atoms. The molecule has 7 heteroatoms. The first kappa shape index (κ1) is 21.4. The van der Waals surface area contributed by atoms with Crippen LogP contribution in [-0.4, -0.2) is 54.9 Å². The van der Waals surface area contributed by atoms with Crippen molar-refractivity contribution in [2.75, 3.05) is 27.7 Å². The molecule has 0 saturated heterocycles. The lowest BCUT2D eigenvalue weighted by Gasteiger charge is -2.57. The van der Waals surface area contributed by atoms with Gasteiger partial charge in [0.15, 0.2) is 0 Å². The molecule has 0 aliphatic heterocycles. The number of hydrogen-bond donors (Lipinski definition) is 0. The van der Waals surface area contributed by atoms with Gasteiger partial charge in [0.05, 0.1) is 22.5 Å². The number of hydrogen-bond acceptors (Lipinski definition) is 4. The van der Waals surface area contributed by atoms with Gasteiger partial charge in [0.1, 0.15) is 5.82 Å². The van der Waals surface area contributed by atoms with E-state index in [9.17, 15) is 8.42 Å². The van der Waals surface area contributed by atoms with E-state index < -0.39 is 10.0 Å². The van der Waals surface area contributed by atoms with Gasteiger partial charge in [-0.2, -0.15) is 0 Å². The van der Waals surface area contributed by atoms with Crippen molar-refractivity contribution < 1.29 is 8.42 Å². The molecule has 6 nitrogen and oxygen atoms in total. The smallest absolute Gasteiger partial charge is 0.242 e. The van der Waals surface area contributed by atoms with Crippen molar-refractivity contribution in [1.29, 1.82) is 0 Å². The average Bonchev–Trinajstić information content (AvgIpc) is 3.01. The van der Waals surface area contributed by atoms with Crippen molar-refractivity contribution in [2.24, 2.45) is 23.2 Å². The number of fused-ring (bicyclic) bond motifs is 1. The molecule has 4 aliphatic carbocycles. The van der Waals surface area contributed by atoms with E-state index in [-0.39, 0.29) is 0 Å². The normalized spacial score (nSPS) is 30.2. The zero-order valence-corrected chi connectivity index (χ0v) is 20.2. The van der Waals surface area contributed by atoms with E-state index in [1.165, 1.54) is 42.8 Å². The number of imidazole rings is 1. The zero-order valence-electron chi connectivity index (χ0n) is 19.3. The van der Waals surface area contributed by atoms with Crippen molar-refractivity contribution >= 4 is 21.1 Å². The molecule has 170 valence electrons. The van der Waals surface area contributed by atoms with Gasteiger partial charge < -0.3 is 4.57 Å². The van der Waals surface area contributed by atoms with Crippen LogP contribution in [-0.2, 0) is 23.1 Å². The highest BCUT2D eigenvalue weighted by molar-refractivity contribution is 7.89. The van der Waals surface area contributed by atoms with Crippen LogP contribution in [0.25, 0.3) is 11.0 Å². The SMILES string of the molecule is CCn1c(CN(C)CC23CC4CC(CC(C4)C2)C3)nc2cc(S(=O)(=O)N(C)C)ccc21. The lowest BCUT2D eigenvalue weighted by atomic mass is 9.49. The maximum atomic E-state index is 12.5. The lowest BCUT2D eigenvalue weighted by Crippen LogP contribution is -2.50. The van der Waals surface area contributed by atoms with Crippen LogP contribution in [0.2, 0.25) is 0 Å². The highest BCUT2D eigenvalue weighted by Crippen LogP contribution is 2.60. The molecule has 4 saturated carbocycles. The molecule has 4 bridgehead atoms. The van der Waals surface area contributed by atoms with Crippen molar-refractivity contribution in [1.82, 2.24) is 18.8 Å². The third kappa shape index (κ3) is 3.72. The third-order valence-electron chi connectivity index (χ3n) is 8.08. The molecule has 0 amide bonds. The number of aromatic nitrogens is 2. The van der Waals surface area contributed by atoms with Crippen LogP contribution in [0.4, 0.5) is 0 Å². The minimum Gasteiger partial charge on any atom is -0.327 e. The van der Waals surface area contributed by atoms with E-state index in [0.717, 1.165) is 54.2 Å². The molecule has 1 aromatic heterocycles. The van der Waals surface area contributed by atoms with Crippen LogP contribution in [0.3, 0.4) is 0 Å². The summed E-state index contributed by atoms with van der Waals surface area (Å²) in [6, 6.07) is 5.33. The summed E-state index contributed by atoms with van der Waals surface area (Å²) >= 11 is 0. The molecule has 0 radical (unpaired) electrons. The second-order valence-electron chi connectivity index (χ2n) is 10.8. The minimum absolute atomic E-state index is 0.305. The Morgan fingerprint density at radius 2 is 1.68 bits per heavy atom. The molecule has 6 rings (SSSR count). The molecular formula is C24H36N4O2S. The molecule has 4 fully saturated rings. The number of sulfonamides is 1. The molecule has 1 aromatic carbocycles. The Bertz CT molecular complexity index is 1050. The van der Waals surface area contributed by atoms with Crippen molar-refractivity contribution in [3.8, 4) is 0 Å². The van der Waals surface area contributed by atoms with Gasteiger partial charge in [-0.3, -0.25) is 4.90 Å². The third-order valence-corrected chi connectivity index (χ3v) is 9.89. The highest BCUT2D eigenvalue weighted by Gasteiger charge is 2.51. The predicted molar refractivity (Wildman–Crippen MR) is 123 cm³/mol. The molecule has 0 atom stereocenters. The summed E-state index contributed by atoms with van der Waals surface area (Å²) in [5.41, 5.74) is 2.29. The van der Waals surface area contributed by atoms with Gasteiger partial charge in [0, 0.05) is 27.2 Å². The van der Waals surface area contributed by atoms with E-state index >= 15 is 0 Å². The van der Waals surface area contributed by atoms with Crippen LogP contribution in [0.1, 0.15) is 51.3 Å². The van der Waals surface area contributed by atoms with Gasteiger partial charge in [0.2, 0.25) is 10.0 Å². The Balaban J connectivity index is 1.38. The largest absolute Gasteiger partial charge is 0.327 e. The molecule has 0 spiro atoms. The van der Waals surface area contributed by atoms with E-state index in [4.69, 9.17) is 4.98 Å². The average molecular weight is 445 g/mol. The van der Waals surface area contributed by atoms with Crippen LogP contribution < -0.4 is 0 Å². The van der Waals surface area contributed by atoms with Crippen molar-refractivity contribution in [3.63, 3.8) is 0 Å². The van der Waals surface area contributed by atoms with Crippen LogP contribution >= 0.6 is 0 Å². The van der Waals surface area contributed by atoms with Gasteiger partial charge in [-0.1, -0.05) is 0 Å². The molecular weight excluding hydrogens is 408 g/mol. The Morgan fingerprint density at radius 1 is 1.06 bits per heavy atom. The van der Waals surface area contributed by atoms with Gasteiger partial charge in [-0.25, -0.2) is 17.7 Å². The number of nitrogens with zero attached hydrogens (tertiary/aromatic N) is 4. The van der Waals surface area contributed by atoms with Crippen molar-refractivity contribution in [2.45, 2.75) is 63.4 Å². The summed E-state index contributed by atoms with van der Waals surface area (Å²) in [5.74, 6) is 3.94. The fourth-order valence-corrected chi connectivity index (χ4v) is 8.28. The monoisotopic (exact) mass is 444 g/mol. The summed E-state index contributed by atoms with van der Waals surface area (Å²) in [6.07, 6.45) is 8.68. The summed E-state index contributed by atoms with van der Waals surface area (Å²) in [5, 5.41) is 0. The van der Waals surface area contributed by atoms with Crippen LogP contribution in [0.15, 0.2) is 23.1 Å². The summed E-state index contributed by atoms with van der Waals surface area (Å²) < 4.78 is 28.6. The second-order valence-corrected chi connectivity index (χ2v) is 13.0. The van der Waals surface area contributed by atoms with Gasteiger partial charge in [-0.15, -0.1) is 0 Å². The Hall–Kier alpha value is -1.44. The number of benzene rings is 1. The summed E-state index contributed by atoms with van der Waals surface area (Å²) in [7, 11) is 1.91. The number of rotatable bonds is 7. The topological polar surface area (TPSA) is 58.4 Å². The minimum atomic E-state index is -3.46. The maximum absolute atomic E-state index is 12.5. The van der Waals surface area contributed by atoms with Gasteiger partial charge in [-0.05, 0) is 93.9 Å². The number of aryl methyl sites for hydroxylation is 1. The van der Waals surface area contributed by atoms with Crippen LogP contribution in [0.5, 0.6) is 0 Å². The molecule has 2 aromatic rings. The highest BCUT2D eigenvalue weighted by atomic mass is 32.2. The second kappa shape index (κ2) is 7.56. The van der Waals surface area contributed by atoms with E-state index in [2.05, 4.69) is 23.4 Å². The zero-order chi connectivity index (χ0) is 22.0. The fraction of sp³-hybridized carbons (Fsp3) is 0.708. The van der Waals surface area contributed by atoms with E-state index in [1.807, 2.05) is 6.07 Å². The Labute approximate surface area is 186 Å². The first-order chi connectivity index (χ1) is 14.7. The van der Waals surface area contributed by atoms with Crippen LogP contribution in [0, 0.1) is 23.2 Å². The first-order valence-corrected chi connectivity index (χ1v) is 13.2.